The summed E-state index contributed by atoms with van der Waals surface area (Å²) in [6.45, 7) is 16.5. The third-order valence-electron chi connectivity index (χ3n) is 13.5. The van der Waals surface area contributed by atoms with E-state index in [-0.39, 0.29) is 68.3 Å². The summed E-state index contributed by atoms with van der Waals surface area (Å²) in [6, 6.07) is 1.55. The normalized spacial score (nSPS) is 23.3. The maximum Gasteiger partial charge on any atom is 0.326 e. The number of hydrogen-bond donors (Lipinski definition) is 5. The van der Waals surface area contributed by atoms with Gasteiger partial charge in [-0.2, -0.15) is 0 Å². The molecule has 0 saturated carbocycles. The van der Waals surface area contributed by atoms with Gasteiger partial charge in [-0.1, -0.05) is 46.6 Å². The van der Waals surface area contributed by atoms with E-state index >= 15 is 0 Å². The zero-order chi connectivity index (χ0) is 46.0. The molecule has 0 saturated heterocycles. The summed E-state index contributed by atoms with van der Waals surface area (Å²) in [5.74, 6) is -1.60. The number of aromatic hydroxyl groups is 2. The van der Waals surface area contributed by atoms with Gasteiger partial charge >= 0.3 is 5.97 Å². The van der Waals surface area contributed by atoms with Crippen LogP contribution in [0.1, 0.15) is 163 Å². The van der Waals surface area contributed by atoms with Gasteiger partial charge < -0.3 is 44.8 Å². The fraction of sp³-hybridized carbons (Fsp3) is 0.549. The number of hydrogen-bond acceptors (Lipinski definition) is 9. The number of rotatable bonds is 18. The highest BCUT2D eigenvalue weighted by atomic mass is 16.5. The van der Waals surface area contributed by atoms with Crippen LogP contribution in [-0.4, -0.2) is 89.1 Å². The maximum absolute atomic E-state index is 13.9. The molecule has 0 spiro atoms. The molecule has 4 aliphatic heterocycles. The summed E-state index contributed by atoms with van der Waals surface area (Å²) in [7, 11) is 0. The van der Waals surface area contributed by atoms with Crippen LogP contribution < -0.4 is 9.47 Å². The van der Waals surface area contributed by atoms with Crippen molar-refractivity contribution in [1.82, 2.24) is 9.80 Å². The zero-order valence-corrected chi connectivity index (χ0v) is 38.5. The van der Waals surface area contributed by atoms with E-state index in [9.17, 15) is 39.9 Å². The number of phenols is 2. The monoisotopic (exact) mass is 868 g/mol. The smallest absolute Gasteiger partial charge is 0.326 e. The highest BCUT2D eigenvalue weighted by Crippen LogP contribution is 2.48. The number of ether oxygens (including phenoxy) is 2. The first-order chi connectivity index (χ1) is 29.7. The third-order valence-corrected chi connectivity index (χ3v) is 13.5. The first-order valence-electron chi connectivity index (χ1n) is 22.6. The Labute approximate surface area is 372 Å². The SMILES string of the molecule is CC(C)=CCC/C(C)=C/CC[C@@]1(C)Oc2c(c(O)cc3c2CN(CCC[C@@H](C(=O)O)N2Cc4c(cc(O)c5c4O[C@](C)(CC/C=C(\C)CCC=C(C)C)[C@H](O)C5)C2=O)C3=O)C[C@H]1O. The number of amides is 2. The van der Waals surface area contributed by atoms with Crippen molar-refractivity contribution in [3.8, 4) is 23.0 Å². The number of carbonyl (C=O) groups excluding carboxylic acids is 2. The van der Waals surface area contributed by atoms with Gasteiger partial charge in [0, 0.05) is 41.6 Å². The molecular formula is C51H68N2O10. The zero-order valence-electron chi connectivity index (χ0n) is 38.5. The molecular weight excluding hydrogens is 801 g/mol. The predicted octanol–water partition coefficient (Wildman–Crippen LogP) is 9.00. The number of fused-ring (bicyclic) bond motifs is 6. The molecule has 0 aromatic heterocycles. The van der Waals surface area contributed by atoms with Crippen LogP contribution in [0.3, 0.4) is 0 Å². The van der Waals surface area contributed by atoms with Gasteiger partial charge in [0.05, 0.1) is 36.4 Å². The van der Waals surface area contributed by atoms with Crippen molar-refractivity contribution >= 4 is 17.8 Å². The molecule has 5 N–H and O–H groups in total. The van der Waals surface area contributed by atoms with Crippen molar-refractivity contribution in [3.05, 3.63) is 92.1 Å². The second-order valence-corrected chi connectivity index (χ2v) is 19.2. The molecule has 12 nitrogen and oxygen atoms in total. The summed E-state index contributed by atoms with van der Waals surface area (Å²) in [4.78, 5) is 43.4. The van der Waals surface area contributed by atoms with E-state index in [0.29, 0.717) is 65.0 Å². The Kier molecular flexibility index (Phi) is 14.6. The molecule has 342 valence electrons. The lowest BCUT2D eigenvalue weighted by atomic mass is 9.84. The minimum absolute atomic E-state index is 0.0456. The average molecular weight is 869 g/mol. The largest absolute Gasteiger partial charge is 0.508 e. The van der Waals surface area contributed by atoms with E-state index in [1.54, 1.807) is 4.90 Å². The summed E-state index contributed by atoms with van der Waals surface area (Å²) >= 11 is 0. The van der Waals surface area contributed by atoms with E-state index in [1.165, 1.54) is 39.3 Å². The van der Waals surface area contributed by atoms with Crippen LogP contribution in [0.2, 0.25) is 0 Å². The van der Waals surface area contributed by atoms with Gasteiger partial charge in [0.15, 0.2) is 0 Å². The number of carboxylic acids is 1. The Balaban J connectivity index is 1.11. The molecule has 0 bridgehead atoms. The number of aliphatic carboxylic acids is 1. The average Bonchev–Trinajstić information content (AvgIpc) is 3.69. The van der Waals surface area contributed by atoms with E-state index in [4.69, 9.17) is 9.47 Å². The van der Waals surface area contributed by atoms with Crippen LogP contribution in [0, 0.1) is 0 Å². The summed E-state index contributed by atoms with van der Waals surface area (Å²) in [5, 5.41) is 55.0. The fourth-order valence-electron chi connectivity index (χ4n) is 9.40. The van der Waals surface area contributed by atoms with E-state index in [1.807, 2.05) is 13.8 Å². The van der Waals surface area contributed by atoms with Crippen molar-refractivity contribution in [2.75, 3.05) is 6.54 Å². The van der Waals surface area contributed by atoms with E-state index in [2.05, 4.69) is 65.8 Å². The van der Waals surface area contributed by atoms with Crippen molar-refractivity contribution in [1.29, 1.82) is 0 Å². The van der Waals surface area contributed by atoms with Crippen LogP contribution in [-0.2, 0) is 30.7 Å². The number of allylic oxidation sites excluding steroid dienone is 8. The molecule has 0 unspecified atom stereocenters. The van der Waals surface area contributed by atoms with E-state index < -0.39 is 41.3 Å². The van der Waals surface area contributed by atoms with E-state index in [0.717, 1.165) is 25.7 Å². The number of aliphatic hydroxyl groups is 2. The summed E-state index contributed by atoms with van der Waals surface area (Å²) in [5.41, 5.74) is 5.57. The van der Waals surface area contributed by atoms with Crippen LogP contribution in [0.5, 0.6) is 23.0 Å². The first kappa shape index (κ1) is 47.4. The van der Waals surface area contributed by atoms with Crippen molar-refractivity contribution in [2.24, 2.45) is 0 Å². The molecule has 0 fully saturated rings. The van der Waals surface area contributed by atoms with Crippen molar-refractivity contribution in [2.45, 2.75) is 175 Å². The second-order valence-electron chi connectivity index (χ2n) is 19.2. The van der Waals surface area contributed by atoms with Crippen LogP contribution in [0.25, 0.3) is 0 Å². The quantitative estimate of drug-likeness (QED) is 0.0909. The summed E-state index contributed by atoms with van der Waals surface area (Å²) < 4.78 is 13.1. The minimum Gasteiger partial charge on any atom is -0.508 e. The second kappa shape index (κ2) is 19.4. The number of carbonyl (C=O) groups is 3. The standard InChI is InChI=1S/C51H68N2O10/c1-30(2)14-9-16-32(5)18-11-21-50(7)43(56)26-36-41(54)24-34-38(45(36)62-50)28-52(47(34)58)23-13-20-40(49(60)61)53-29-39-35(48(53)59)25-42(55)37-27-44(57)51(8,63-46(37)39)22-12-19-33(6)17-10-15-31(3)4/h14-15,18-19,24-25,40,43-44,54-57H,9-13,16-17,20-23,26-29H2,1-8H3,(H,60,61)/b32-18+,33-19+/t40-,43+,44+,50+,51+/m0/s1. The highest BCUT2D eigenvalue weighted by Gasteiger charge is 2.47. The van der Waals surface area contributed by atoms with Gasteiger partial charge in [0.1, 0.15) is 40.2 Å². The molecule has 2 amide bonds. The first-order valence-corrected chi connectivity index (χ1v) is 22.6. The molecule has 0 aliphatic carbocycles. The Bertz CT molecular complexity index is 2230. The van der Waals surface area contributed by atoms with Gasteiger partial charge in [-0.25, -0.2) is 4.79 Å². The van der Waals surface area contributed by atoms with Gasteiger partial charge in [0.2, 0.25) is 0 Å². The molecule has 6 rings (SSSR count). The molecule has 0 radical (unpaired) electrons. The topological polar surface area (TPSA) is 177 Å². The molecule has 4 heterocycles. The van der Waals surface area contributed by atoms with Gasteiger partial charge in [-0.15, -0.1) is 0 Å². The molecule has 63 heavy (non-hydrogen) atoms. The Morgan fingerprint density at radius 2 is 1.17 bits per heavy atom. The molecule has 2 aromatic rings. The van der Waals surface area contributed by atoms with Crippen molar-refractivity contribution < 1.29 is 49.4 Å². The fourth-order valence-corrected chi connectivity index (χ4v) is 9.40. The number of benzene rings is 2. The molecule has 5 atom stereocenters. The molecule has 2 aromatic carbocycles. The molecule has 4 aliphatic rings. The molecule has 12 heteroatoms. The van der Waals surface area contributed by atoms with Gasteiger partial charge in [0.25, 0.3) is 11.8 Å². The number of carboxylic acid groups (broad SMARTS) is 1. The van der Waals surface area contributed by atoms with Crippen LogP contribution >= 0.6 is 0 Å². The third kappa shape index (κ3) is 10.3. The Hall–Kier alpha value is -5.07. The lowest BCUT2D eigenvalue weighted by Gasteiger charge is -2.41. The predicted molar refractivity (Wildman–Crippen MR) is 242 cm³/mol. The summed E-state index contributed by atoms with van der Waals surface area (Å²) in [6.07, 6.45) is 13.8. The maximum atomic E-state index is 13.9. The van der Waals surface area contributed by atoms with Crippen LogP contribution in [0.15, 0.2) is 58.7 Å². The number of nitrogens with zero attached hydrogens (tertiary/aromatic N) is 2. The number of phenolic OH excluding ortho intramolecular Hbond substituents is 2. The Morgan fingerprint density at radius 1 is 0.714 bits per heavy atom. The Morgan fingerprint density at radius 3 is 1.63 bits per heavy atom. The lowest BCUT2D eigenvalue weighted by Crippen LogP contribution is -2.49. The lowest BCUT2D eigenvalue weighted by molar-refractivity contribution is -0.142. The van der Waals surface area contributed by atoms with Crippen LogP contribution in [0.4, 0.5) is 0 Å². The van der Waals surface area contributed by atoms with Crippen molar-refractivity contribution in [3.63, 3.8) is 0 Å². The number of aliphatic hydroxyl groups excluding tert-OH is 2. The van der Waals surface area contributed by atoms with Gasteiger partial charge in [-0.05, 0) is 132 Å². The minimum atomic E-state index is -1.23. The van der Waals surface area contributed by atoms with Gasteiger partial charge in [-0.3, -0.25) is 9.59 Å². The highest BCUT2D eigenvalue weighted by molar-refractivity contribution is 6.02.